The minimum absolute atomic E-state index is 0.112. The Hall–Kier alpha value is -0.970. The quantitative estimate of drug-likeness (QED) is 0.817. The van der Waals surface area contributed by atoms with E-state index in [0.29, 0.717) is 11.4 Å². The van der Waals surface area contributed by atoms with Gasteiger partial charge in [0.25, 0.3) is 0 Å². The normalized spacial score (nSPS) is 11.9. The summed E-state index contributed by atoms with van der Waals surface area (Å²) in [5, 5.41) is 0.676. The molecule has 0 bridgehead atoms. The zero-order valence-electron chi connectivity index (χ0n) is 8.45. The number of carbonyl (C=O) groups excluding carboxylic acids is 1. The van der Waals surface area contributed by atoms with Gasteiger partial charge in [0, 0.05) is 22.8 Å². The van der Waals surface area contributed by atoms with Crippen molar-refractivity contribution < 1.29 is 9.53 Å². The third-order valence-corrected chi connectivity index (χ3v) is 2.32. The molecule has 3 N–H and O–H groups in total. The Balaban J connectivity index is 2.36. The third-order valence-electron chi connectivity index (χ3n) is 1.92. The topological polar surface area (TPSA) is 64.3 Å². The second kappa shape index (κ2) is 6.58. The van der Waals surface area contributed by atoms with Crippen molar-refractivity contribution in [3.05, 3.63) is 34.9 Å². The molecule has 0 heterocycles. The van der Waals surface area contributed by atoms with Crippen molar-refractivity contribution in [2.45, 2.75) is 12.5 Å². The fourth-order valence-corrected chi connectivity index (χ4v) is 1.37. The van der Waals surface area contributed by atoms with Crippen molar-refractivity contribution in [2.24, 2.45) is 5.73 Å². The highest BCUT2D eigenvalue weighted by molar-refractivity contribution is 6.30. The first kappa shape index (κ1) is 13.1. The molecule has 16 heavy (non-hydrogen) atoms. The Bertz CT molecular complexity index is 343. The van der Waals surface area contributed by atoms with Crippen molar-refractivity contribution in [1.29, 1.82) is 0 Å². The van der Waals surface area contributed by atoms with Crippen LogP contribution in [-0.2, 0) is 11.2 Å². The highest BCUT2D eigenvalue weighted by Crippen LogP contribution is 2.10. The molecule has 4 nitrogen and oxygen atoms in total. The van der Waals surface area contributed by atoms with E-state index in [9.17, 15) is 4.79 Å². The van der Waals surface area contributed by atoms with Crippen LogP contribution in [0.4, 0.5) is 4.79 Å². The minimum atomic E-state index is -0.701. The number of amides is 1. The molecule has 0 aliphatic carbocycles. The molecule has 1 aromatic rings. The van der Waals surface area contributed by atoms with Gasteiger partial charge in [-0.2, -0.15) is 0 Å². The fourth-order valence-electron chi connectivity index (χ4n) is 1.19. The van der Waals surface area contributed by atoms with Gasteiger partial charge in [0.15, 0.2) is 0 Å². The average Bonchev–Trinajstić information content (AvgIpc) is 2.29. The fraction of sp³-hybridized carbons (Fsp3) is 0.300. The summed E-state index contributed by atoms with van der Waals surface area (Å²) in [4.78, 5) is 12.5. The molecule has 0 radical (unpaired) electrons. The Labute approximate surface area is 104 Å². The molecule has 1 rings (SSSR count). The second-order valence-electron chi connectivity index (χ2n) is 3.28. The van der Waals surface area contributed by atoms with Crippen molar-refractivity contribution in [3.63, 3.8) is 0 Å². The monoisotopic (exact) mass is 262 g/mol. The lowest BCUT2D eigenvalue weighted by molar-refractivity contribution is 0.145. The zero-order valence-corrected chi connectivity index (χ0v) is 9.96. The van der Waals surface area contributed by atoms with Gasteiger partial charge in [0.05, 0.1) is 0 Å². The second-order valence-corrected chi connectivity index (χ2v) is 3.91. The summed E-state index contributed by atoms with van der Waals surface area (Å²) in [6.45, 7) is 0.112. The number of ether oxygens (including phenoxy) is 1. The van der Waals surface area contributed by atoms with E-state index in [1.165, 1.54) is 0 Å². The number of carbonyl (C=O) groups is 1. The maximum Gasteiger partial charge on any atom is 0.421 e. The van der Waals surface area contributed by atoms with E-state index in [0.717, 1.165) is 5.56 Å². The lowest BCUT2D eigenvalue weighted by atomic mass is 10.1. The average molecular weight is 263 g/mol. The molecule has 0 fully saturated rings. The van der Waals surface area contributed by atoms with Crippen molar-refractivity contribution in [3.8, 4) is 0 Å². The number of hydrogen-bond acceptors (Lipinski definition) is 3. The molecule has 6 heteroatoms. The van der Waals surface area contributed by atoms with Crippen molar-refractivity contribution in [1.82, 2.24) is 4.84 Å². The van der Waals surface area contributed by atoms with E-state index >= 15 is 0 Å². The molecule has 0 aliphatic heterocycles. The van der Waals surface area contributed by atoms with Crippen LogP contribution in [0.15, 0.2) is 24.3 Å². The molecular weight excluding hydrogens is 251 g/mol. The Kier molecular flexibility index (Phi) is 5.38. The number of rotatable bonds is 4. The van der Waals surface area contributed by atoms with E-state index in [4.69, 9.17) is 33.8 Å². The molecule has 1 unspecified atom stereocenters. The smallest absolute Gasteiger partial charge is 0.421 e. The van der Waals surface area contributed by atoms with Crippen LogP contribution in [0, 0.1) is 0 Å². The molecular formula is C10H12Cl2N2O2. The maximum absolute atomic E-state index is 10.7. The van der Waals surface area contributed by atoms with Crippen LogP contribution in [0.2, 0.25) is 5.02 Å². The van der Waals surface area contributed by atoms with Crippen LogP contribution >= 0.6 is 23.4 Å². The van der Waals surface area contributed by atoms with E-state index in [1.54, 1.807) is 12.1 Å². The minimum Gasteiger partial charge on any atom is -0.447 e. The lowest BCUT2D eigenvalue weighted by Crippen LogP contribution is -2.31. The van der Waals surface area contributed by atoms with Crippen LogP contribution in [0.1, 0.15) is 5.56 Å². The summed E-state index contributed by atoms with van der Waals surface area (Å²) >= 11 is 10.8. The number of halogens is 2. The van der Waals surface area contributed by atoms with Crippen LogP contribution < -0.4 is 10.6 Å². The van der Waals surface area contributed by atoms with Gasteiger partial charge in [-0.25, -0.2) is 9.63 Å². The van der Waals surface area contributed by atoms with Gasteiger partial charge in [-0.1, -0.05) is 23.7 Å². The highest BCUT2D eigenvalue weighted by Gasteiger charge is 2.07. The van der Waals surface area contributed by atoms with E-state index in [-0.39, 0.29) is 12.6 Å². The zero-order chi connectivity index (χ0) is 12.0. The lowest BCUT2D eigenvalue weighted by Gasteiger charge is -2.11. The van der Waals surface area contributed by atoms with E-state index in [1.807, 2.05) is 17.0 Å². The van der Waals surface area contributed by atoms with Crippen LogP contribution in [0.25, 0.3) is 0 Å². The van der Waals surface area contributed by atoms with Crippen LogP contribution in [-0.4, -0.2) is 18.7 Å². The van der Waals surface area contributed by atoms with Gasteiger partial charge in [0.1, 0.15) is 6.61 Å². The van der Waals surface area contributed by atoms with Gasteiger partial charge in [-0.15, -0.1) is 0 Å². The van der Waals surface area contributed by atoms with Gasteiger partial charge in [-0.3, -0.25) is 0 Å². The third kappa shape index (κ3) is 4.70. The molecule has 0 saturated heterocycles. The Morgan fingerprint density at radius 2 is 2.06 bits per heavy atom. The standard InChI is InChI=1S/C10H12Cl2N2O2/c11-8-3-1-7(2-4-8)5-9(13)6-16-10(15)14-12/h1-4,9H,5-6,13H2,(H,14,15). The van der Waals surface area contributed by atoms with Gasteiger partial charge in [0.2, 0.25) is 0 Å². The molecule has 0 spiro atoms. The molecule has 0 aliphatic rings. The van der Waals surface area contributed by atoms with E-state index < -0.39 is 6.09 Å². The summed E-state index contributed by atoms with van der Waals surface area (Å²) in [7, 11) is 0. The largest absolute Gasteiger partial charge is 0.447 e. The van der Waals surface area contributed by atoms with Gasteiger partial charge < -0.3 is 10.5 Å². The van der Waals surface area contributed by atoms with Crippen molar-refractivity contribution >= 4 is 29.5 Å². The molecule has 88 valence electrons. The Morgan fingerprint density at radius 3 is 2.62 bits per heavy atom. The highest BCUT2D eigenvalue weighted by atomic mass is 35.5. The maximum atomic E-state index is 10.7. The molecule has 1 amide bonds. The predicted molar refractivity (Wildman–Crippen MR) is 63.5 cm³/mol. The molecule has 0 aromatic heterocycles. The number of nitrogens with two attached hydrogens (primary N) is 1. The van der Waals surface area contributed by atoms with Crippen LogP contribution in [0.5, 0.6) is 0 Å². The SMILES string of the molecule is NC(COC(=O)NCl)Cc1ccc(Cl)cc1. The first-order valence-electron chi connectivity index (χ1n) is 4.65. The van der Waals surface area contributed by atoms with Gasteiger partial charge in [-0.05, 0) is 24.1 Å². The molecule has 1 aromatic carbocycles. The number of nitrogens with one attached hydrogen (secondary N) is 1. The van der Waals surface area contributed by atoms with E-state index in [2.05, 4.69) is 0 Å². The summed E-state index contributed by atoms with van der Waals surface area (Å²) in [6.07, 6.45) is -0.0968. The first-order chi connectivity index (χ1) is 7.61. The summed E-state index contributed by atoms with van der Waals surface area (Å²) in [5.74, 6) is 0. The summed E-state index contributed by atoms with van der Waals surface area (Å²) in [5.41, 5.74) is 6.80. The number of hydrogen-bond donors (Lipinski definition) is 2. The summed E-state index contributed by atoms with van der Waals surface area (Å²) < 4.78 is 4.72. The predicted octanol–water partition coefficient (Wildman–Crippen LogP) is 2.09. The molecule has 1 atom stereocenters. The molecule has 0 saturated carbocycles. The number of benzene rings is 1. The van der Waals surface area contributed by atoms with Crippen molar-refractivity contribution in [2.75, 3.05) is 6.61 Å². The summed E-state index contributed by atoms with van der Waals surface area (Å²) in [6, 6.07) is 7.06. The Morgan fingerprint density at radius 1 is 1.44 bits per heavy atom. The van der Waals surface area contributed by atoms with Crippen LogP contribution in [0.3, 0.4) is 0 Å². The van der Waals surface area contributed by atoms with Gasteiger partial charge >= 0.3 is 6.09 Å². The first-order valence-corrected chi connectivity index (χ1v) is 5.41.